The summed E-state index contributed by atoms with van der Waals surface area (Å²) in [7, 11) is 0. The zero-order chi connectivity index (χ0) is 10.4. The van der Waals surface area contributed by atoms with Gasteiger partial charge in [0.15, 0.2) is 0 Å². The molecule has 14 heavy (non-hydrogen) atoms. The number of nitrogens with zero attached hydrogens (tertiary/aromatic N) is 1. The molecule has 0 unspecified atom stereocenters. The third-order valence-electron chi connectivity index (χ3n) is 2.98. The fraction of sp³-hybridized carbons (Fsp3) is 0.909. The van der Waals surface area contributed by atoms with Crippen LogP contribution in [0.5, 0.6) is 0 Å². The Bertz CT molecular complexity index is 182. The Morgan fingerprint density at radius 3 is 3.00 bits per heavy atom. The minimum atomic E-state index is 0.0778. The number of likely N-dealkylation sites (tertiary alicyclic amines) is 1. The summed E-state index contributed by atoms with van der Waals surface area (Å²) < 4.78 is 0. The van der Waals surface area contributed by atoms with Crippen LogP contribution in [0.4, 0.5) is 0 Å². The minimum absolute atomic E-state index is 0.0778. The van der Waals surface area contributed by atoms with Crippen LogP contribution in [0.1, 0.15) is 33.1 Å². The van der Waals surface area contributed by atoms with Crippen molar-refractivity contribution in [3.8, 4) is 0 Å². The van der Waals surface area contributed by atoms with E-state index in [2.05, 4.69) is 17.1 Å². The van der Waals surface area contributed by atoms with E-state index in [0.29, 0.717) is 0 Å². The van der Waals surface area contributed by atoms with Crippen molar-refractivity contribution in [3.63, 3.8) is 0 Å². The number of hydrogen-bond acceptors (Lipinski definition) is 2. The minimum Gasteiger partial charge on any atom is -0.355 e. The lowest BCUT2D eigenvalue weighted by molar-refractivity contribution is -0.119. The molecule has 3 heteroatoms. The molecule has 0 aromatic rings. The predicted molar refractivity (Wildman–Crippen MR) is 58.1 cm³/mol. The highest BCUT2D eigenvalue weighted by atomic mass is 16.1. The molecule has 0 aromatic heterocycles. The zero-order valence-electron chi connectivity index (χ0n) is 9.38. The fourth-order valence-electron chi connectivity index (χ4n) is 2.08. The maximum absolute atomic E-state index is 10.7. The van der Waals surface area contributed by atoms with Crippen LogP contribution in [-0.2, 0) is 4.79 Å². The molecule has 1 aliphatic heterocycles. The van der Waals surface area contributed by atoms with Crippen molar-refractivity contribution in [1.82, 2.24) is 10.2 Å². The molecule has 1 heterocycles. The van der Waals surface area contributed by atoms with E-state index >= 15 is 0 Å². The summed E-state index contributed by atoms with van der Waals surface area (Å²) in [6.45, 7) is 8.07. The predicted octanol–water partition coefficient (Wildman–Crippen LogP) is 1.24. The van der Waals surface area contributed by atoms with E-state index in [1.54, 1.807) is 6.92 Å². The van der Waals surface area contributed by atoms with Crippen molar-refractivity contribution in [2.75, 3.05) is 26.2 Å². The van der Waals surface area contributed by atoms with E-state index in [4.69, 9.17) is 0 Å². The third kappa shape index (κ3) is 4.09. The first-order chi connectivity index (χ1) is 6.72. The molecule has 0 bridgehead atoms. The first-order valence-electron chi connectivity index (χ1n) is 5.69. The lowest BCUT2D eigenvalue weighted by atomic mass is 9.96. The van der Waals surface area contributed by atoms with Crippen LogP contribution in [-0.4, -0.2) is 37.0 Å². The van der Waals surface area contributed by atoms with Gasteiger partial charge in [-0.15, -0.1) is 0 Å². The van der Waals surface area contributed by atoms with Gasteiger partial charge in [-0.1, -0.05) is 13.3 Å². The van der Waals surface area contributed by atoms with E-state index in [-0.39, 0.29) is 5.91 Å². The molecule has 1 aliphatic rings. The van der Waals surface area contributed by atoms with Gasteiger partial charge < -0.3 is 10.2 Å². The largest absolute Gasteiger partial charge is 0.355 e. The molecule has 0 saturated carbocycles. The Morgan fingerprint density at radius 1 is 1.57 bits per heavy atom. The Labute approximate surface area is 86.9 Å². The Morgan fingerprint density at radius 2 is 2.36 bits per heavy atom. The van der Waals surface area contributed by atoms with Crippen LogP contribution < -0.4 is 5.32 Å². The molecule has 3 nitrogen and oxygen atoms in total. The summed E-state index contributed by atoms with van der Waals surface area (Å²) in [6.07, 6.45) is 3.99. The van der Waals surface area contributed by atoms with Gasteiger partial charge in [0.1, 0.15) is 0 Å². The molecule has 0 radical (unpaired) electrons. The SMILES string of the molecule is CC[C@H]1CCCN(CCNC(C)=O)C1. The van der Waals surface area contributed by atoms with E-state index < -0.39 is 0 Å². The molecular formula is C11H22N2O. The van der Waals surface area contributed by atoms with Gasteiger partial charge in [0.2, 0.25) is 5.91 Å². The highest BCUT2D eigenvalue weighted by Gasteiger charge is 2.17. The normalized spacial score (nSPS) is 23.4. The highest BCUT2D eigenvalue weighted by molar-refractivity contribution is 5.72. The molecule has 1 fully saturated rings. The third-order valence-corrected chi connectivity index (χ3v) is 2.98. The molecule has 0 spiro atoms. The van der Waals surface area contributed by atoms with Gasteiger partial charge in [-0.2, -0.15) is 0 Å². The smallest absolute Gasteiger partial charge is 0.216 e. The van der Waals surface area contributed by atoms with Crippen molar-refractivity contribution in [3.05, 3.63) is 0 Å². The molecule has 82 valence electrons. The maximum Gasteiger partial charge on any atom is 0.216 e. The van der Waals surface area contributed by atoms with Gasteiger partial charge in [0.05, 0.1) is 0 Å². The van der Waals surface area contributed by atoms with Gasteiger partial charge in [-0.25, -0.2) is 0 Å². The molecule has 0 aliphatic carbocycles. The van der Waals surface area contributed by atoms with Gasteiger partial charge in [-0.3, -0.25) is 4.79 Å². The number of carbonyl (C=O) groups excluding carboxylic acids is 1. The molecule has 1 saturated heterocycles. The van der Waals surface area contributed by atoms with Crippen LogP contribution in [0.25, 0.3) is 0 Å². The number of rotatable bonds is 4. The standard InChI is InChI=1S/C11H22N2O/c1-3-11-5-4-7-13(9-11)8-6-12-10(2)14/h11H,3-9H2,1-2H3,(H,12,14)/t11-/m0/s1. The number of amides is 1. The van der Waals surface area contributed by atoms with Crippen molar-refractivity contribution >= 4 is 5.91 Å². The zero-order valence-corrected chi connectivity index (χ0v) is 9.38. The second kappa shape index (κ2) is 6.02. The Kier molecular flexibility index (Phi) is 4.94. The van der Waals surface area contributed by atoms with Crippen LogP contribution in [0.2, 0.25) is 0 Å². The van der Waals surface area contributed by atoms with E-state index in [9.17, 15) is 4.79 Å². The van der Waals surface area contributed by atoms with Crippen molar-refractivity contribution in [2.24, 2.45) is 5.92 Å². The second-order valence-electron chi connectivity index (χ2n) is 4.20. The van der Waals surface area contributed by atoms with Gasteiger partial charge in [-0.05, 0) is 25.3 Å². The van der Waals surface area contributed by atoms with Gasteiger partial charge in [0.25, 0.3) is 0 Å². The number of piperidine rings is 1. The fourth-order valence-corrected chi connectivity index (χ4v) is 2.08. The number of nitrogens with one attached hydrogen (secondary N) is 1. The van der Waals surface area contributed by atoms with E-state index in [1.807, 2.05) is 0 Å². The van der Waals surface area contributed by atoms with E-state index in [0.717, 1.165) is 19.0 Å². The Hall–Kier alpha value is -0.570. The van der Waals surface area contributed by atoms with Crippen LogP contribution in [0.3, 0.4) is 0 Å². The quantitative estimate of drug-likeness (QED) is 0.737. The average Bonchev–Trinajstić information content (AvgIpc) is 2.18. The second-order valence-corrected chi connectivity index (χ2v) is 4.20. The van der Waals surface area contributed by atoms with Crippen LogP contribution in [0.15, 0.2) is 0 Å². The van der Waals surface area contributed by atoms with Gasteiger partial charge in [0, 0.05) is 26.6 Å². The number of carbonyl (C=O) groups is 1. The van der Waals surface area contributed by atoms with Crippen molar-refractivity contribution < 1.29 is 4.79 Å². The summed E-state index contributed by atoms with van der Waals surface area (Å²) in [5.74, 6) is 0.954. The lowest BCUT2D eigenvalue weighted by Gasteiger charge is -2.32. The van der Waals surface area contributed by atoms with Crippen molar-refractivity contribution in [1.29, 1.82) is 0 Å². The lowest BCUT2D eigenvalue weighted by Crippen LogP contribution is -2.40. The molecule has 1 rings (SSSR count). The summed E-state index contributed by atoms with van der Waals surface area (Å²) in [5, 5.41) is 2.85. The summed E-state index contributed by atoms with van der Waals surface area (Å²) in [4.78, 5) is 13.1. The van der Waals surface area contributed by atoms with Gasteiger partial charge >= 0.3 is 0 Å². The summed E-state index contributed by atoms with van der Waals surface area (Å²) >= 11 is 0. The molecule has 0 aromatic carbocycles. The Balaban J connectivity index is 2.14. The monoisotopic (exact) mass is 198 g/mol. The summed E-state index contributed by atoms with van der Waals surface area (Å²) in [5.41, 5.74) is 0. The maximum atomic E-state index is 10.7. The first kappa shape index (κ1) is 11.5. The van der Waals surface area contributed by atoms with Crippen LogP contribution in [0, 0.1) is 5.92 Å². The molecule has 1 N–H and O–H groups in total. The summed E-state index contributed by atoms with van der Waals surface area (Å²) in [6, 6.07) is 0. The molecule has 1 amide bonds. The van der Waals surface area contributed by atoms with E-state index in [1.165, 1.54) is 32.4 Å². The number of hydrogen-bond donors (Lipinski definition) is 1. The van der Waals surface area contributed by atoms with Crippen LogP contribution >= 0.6 is 0 Å². The molecule has 1 atom stereocenters. The topological polar surface area (TPSA) is 32.3 Å². The first-order valence-corrected chi connectivity index (χ1v) is 5.69. The van der Waals surface area contributed by atoms with Crippen molar-refractivity contribution in [2.45, 2.75) is 33.1 Å². The molecular weight excluding hydrogens is 176 g/mol. The highest BCUT2D eigenvalue weighted by Crippen LogP contribution is 2.18. The average molecular weight is 198 g/mol.